The van der Waals surface area contributed by atoms with Gasteiger partial charge in [0, 0.05) is 14.1 Å². The number of ether oxygens (including phenoxy) is 1. The van der Waals surface area contributed by atoms with Crippen molar-refractivity contribution >= 4 is 51.4 Å². The van der Waals surface area contributed by atoms with E-state index in [1.165, 1.54) is 16.3 Å². The molecular formula is C21H18IN3O3S. The van der Waals surface area contributed by atoms with Crippen LogP contribution in [0.4, 0.5) is 5.69 Å². The van der Waals surface area contributed by atoms with Gasteiger partial charge in [0.25, 0.3) is 11.8 Å². The molecule has 3 aromatic rings. The second-order valence-corrected chi connectivity index (χ2v) is 8.52. The van der Waals surface area contributed by atoms with Crippen molar-refractivity contribution in [2.75, 3.05) is 11.9 Å². The summed E-state index contributed by atoms with van der Waals surface area (Å²) < 4.78 is 6.51. The fourth-order valence-corrected chi connectivity index (χ4v) is 4.40. The van der Waals surface area contributed by atoms with Gasteiger partial charge in [-0.15, -0.1) is 11.3 Å². The predicted molar refractivity (Wildman–Crippen MR) is 121 cm³/mol. The molecule has 4 rings (SSSR count). The Morgan fingerprint density at radius 3 is 2.83 bits per heavy atom. The zero-order chi connectivity index (χ0) is 20.4. The minimum atomic E-state index is -0.502. The third-order valence-corrected chi connectivity index (χ3v) is 6.04. The van der Waals surface area contributed by atoms with Gasteiger partial charge in [-0.05, 0) is 71.3 Å². The number of thiophene rings is 1. The molecule has 2 heterocycles. The van der Waals surface area contributed by atoms with Gasteiger partial charge in [0.2, 0.25) is 0 Å². The Bertz CT molecular complexity index is 1060. The number of anilines is 1. The number of para-hydroxylation sites is 1. The molecule has 1 unspecified atom stereocenters. The fraction of sp³-hybridized carbons (Fsp3) is 0.143. The van der Waals surface area contributed by atoms with Gasteiger partial charge >= 0.3 is 0 Å². The van der Waals surface area contributed by atoms with Crippen LogP contribution in [-0.2, 0) is 0 Å². The average Bonchev–Trinajstić information content (AvgIpc) is 3.25. The van der Waals surface area contributed by atoms with Gasteiger partial charge in [-0.25, -0.2) is 5.01 Å². The van der Waals surface area contributed by atoms with E-state index in [4.69, 9.17) is 4.74 Å². The number of fused-ring (bicyclic) bond motifs is 1. The van der Waals surface area contributed by atoms with E-state index in [1.807, 2.05) is 48.7 Å². The lowest BCUT2D eigenvalue weighted by molar-refractivity contribution is 0.0493. The molecule has 1 aromatic heterocycles. The number of nitrogens with zero attached hydrogens (tertiary/aromatic N) is 1. The zero-order valence-electron chi connectivity index (χ0n) is 15.5. The minimum absolute atomic E-state index is 0.266. The number of benzene rings is 2. The van der Waals surface area contributed by atoms with Crippen LogP contribution >= 0.6 is 33.9 Å². The molecule has 0 saturated carbocycles. The molecule has 8 heteroatoms. The molecular weight excluding hydrogens is 501 g/mol. The van der Waals surface area contributed by atoms with Crippen LogP contribution in [0.25, 0.3) is 0 Å². The van der Waals surface area contributed by atoms with Crippen molar-refractivity contribution < 1.29 is 14.3 Å². The van der Waals surface area contributed by atoms with Crippen molar-refractivity contribution in [2.24, 2.45) is 0 Å². The van der Waals surface area contributed by atoms with Crippen molar-refractivity contribution in [3.8, 4) is 5.75 Å². The van der Waals surface area contributed by atoms with Crippen LogP contribution in [0.3, 0.4) is 0 Å². The molecule has 2 amide bonds. The molecule has 148 valence electrons. The summed E-state index contributed by atoms with van der Waals surface area (Å²) in [5, 5.41) is 6.67. The summed E-state index contributed by atoms with van der Waals surface area (Å²) in [6.45, 7) is 2.30. The Hall–Kier alpha value is -2.59. The highest BCUT2D eigenvalue weighted by Crippen LogP contribution is 2.34. The Kier molecular flexibility index (Phi) is 5.72. The molecule has 0 bridgehead atoms. The second-order valence-electron chi connectivity index (χ2n) is 6.30. The van der Waals surface area contributed by atoms with Gasteiger partial charge in [0.1, 0.15) is 5.75 Å². The quantitative estimate of drug-likeness (QED) is 0.482. The summed E-state index contributed by atoms with van der Waals surface area (Å²) in [4.78, 5) is 27.2. The largest absolute Gasteiger partial charge is 0.493 e. The number of amides is 2. The highest BCUT2D eigenvalue weighted by Gasteiger charge is 2.35. The van der Waals surface area contributed by atoms with Crippen molar-refractivity contribution in [1.29, 1.82) is 0 Å². The van der Waals surface area contributed by atoms with Gasteiger partial charge in [-0.2, -0.15) is 0 Å². The number of hydrogen-bond donors (Lipinski definition) is 2. The molecule has 0 spiro atoms. The van der Waals surface area contributed by atoms with E-state index in [9.17, 15) is 9.59 Å². The molecule has 2 aromatic carbocycles. The van der Waals surface area contributed by atoms with Gasteiger partial charge < -0.3 is 10.1 Å². The number of carbonyl (C=O) groups excluding carboxylic acids is 2. The van der Waals surface area contributed by atoms with Crippen LogP contribution in [0.5, 0.6) is 5.75 Å². The third-order valence-electron chi connectivity index (χ3n) is 4.45. The standard InChI is InChI=1S/C21H18IN3O3S/c1-2-28-17-7-4-3-6-14(17)20(26)24-25-19(18-8-5-11-29-18)23-16-10-9-13(22)12-15(16)21(25)27/h3-12,19,23H,2H2,1H3,(H,24,26). The van der Waals surface area contributed by atoms with E-state index in [1.54, 1.807) is 18.2 Å². The lowest BCUT2D eigenvalue weighted by Gasteiger charge is -2.37. The normalized spacial score (nSPS) is 15.4. The maximum absolute atomic E-state index is 13.3. The first-order valence-corrected chi connectivity index (χ1v) is 11.0. The molecule has 29 heavy (non-hydrogen) atoms. The topological polar surface area (TPSA) is 70.7 Å². The van der Waals surface area contributed by atoms with Gasteiger partial charge in [-0.1, -0.05) is 18.2 Å². The Balaban J connectivity index is 1.70. The van der Waals surface area contributed by atoms with Crippen molar-refractivity contribution in [3.05, 3.63) is 79.6 Å². The molecule has 1 atom stereocenters. The lowest BCUT2D eigenvalue weighted by Crippen LogP contribution is -2.52. The van der Waals surface area contributed by atoms with E-state index in [-0.39, 0.29) is 5.91 Å². The average molecular weight is 519 g/mol. The zero-order valence-corrected chi connectivity index (χ0v) is 18.5. The smallest absolute Gasteiger partial charge is 0.276 e. The predicted octanol–water partition coefficient (Wildman–Crippen LogP) is 4.66. The summed E-state index contributed by atoms with van der Waals surface area (Å²) in [6.07, 6.45) is -0.502. The maximum atomic E-state index is 13.3. The van der Waals surface area contributed by atoms with Crippen LogP contribution in [0.1, 0.15) is 38.7 Å². The van der Waals surface area contributed by atoms with Crippen molar-refractivity contribution in [2.45, 2.75) is 13.1 Å². The highest BCUT2D eigenvalue weighted by atomic mass is 127. The van der Waals surface area contributed by atoms with E-state index in [0.717, 1.165) is 14.1 Å². The molecule has 0 radical (unpaired) electrons. The molecule has 6 nitrogen and oxygen atoms in total. The number of rotatable bonds is 5. The van der Waals surface area contributed by atoms with Gasteiger partial charge in [0.05, 0.1) is 17.7 Å². The third kappa shape index (κ3) is 3.95. The van der Waals surface area contributed by atoms with Gasteiger partial charge in [0.15, 0.2) is 6.17 Å². The molecule has 1 aliphatic rings. The molecule has 0 aliphatic carbocycles. The molecule has 0 saturated heterocycles. The first kappa shape index (κ1) is 19.7. The van der Waals surface area contributed by atoms with Crippen LogP contribution in [0, 0.1) is 3.57 Å². The molecule has 2 N–H and O–H groups in total. The SMILES string of the molecule is CCOc1ccccc1C(=O)NN1C(=O)c2cc(I)ccc2NC1c1cccs1. The first-order valence-electron chi connectivity index (χ1n) is 9.04. The summed E-state index contributed by atoms with van der Waals surface area (Å²) in [7, 11) is 0. The van der Waals surface area contributed by atoms with Crippen molar-refractivity contribution in [1.82, 2.24) is 10.4 Å². The lowest BCUT2D eigenvalue weighted by atomic mass is 10.1. The first-order chi connectivity index (χ1) is 14.1. The Morgan fingerprint density at radius 1 is 1.24 bits per heavy atom. The molecule has 0 fully saturated rings. The number of hydrazine groups is 1. The Labute approximate surface area is 186 Å². The second kappa shape index (κ2) is 8.42. The van der Waals surface area contributed by atoms with E-state index < -0.39 is 12.1 Å². The van der Waals surface area contributed by atoms with E-state index >= 15 is 0 Å². The van der Waals surface area contributed by atoms with Crippen LogP contribution in [0.2, 0.25) is 0 Å². The number of nitrogens with one attached hydrogen (secondary N) is 2. The highest BCUT2D eigenvalue weighted by molar-refractivity contribution is 14.1. The summed E-state index contributed by atoms with van der Waals surface area (Å²) in [6, 6.07) is 16.5. The van der Waals surface area contributed by atoms with E-state index in [2.05, 4.69) is 33.3 Å². The van der Waals surface area contributed by atoms with Crippen molar-refractivity contribution in [3.63, 3.8) is 0 Å². The number of hydrogen-bond acceptors (Lipinski definition) is 5. The van der Waals surface area contributed by atoms with Crippen LogP contribution in [0.15, 0.2) is 60.0 Å². The Morgan fingerprint density at radius 2 is 2.07 bits per heavy atom. The fourth-order valence-electron chi connectivity index (χ4n) is 3.14. The molecule has 1 aliphatic heterocycles. The van der Waals surface area contributed by atoms with Gasteiger partial charge in [-0.3, -0.25) is 15.0 Å². The van der Waals surface area contributed by atoms with Crippen LogP contribution < -0.4 is 15.5 Å². The number of carbonyl (C=O) groups is 2. The van der Waals surface area contributed by atoms with Crippen LogP contribution in [-0.4, -0.2) is 23.4 Å². The van der Waals surface area contributed by atoms with E-state index in [0.29, 0.717) is 23.5 Å². The summed E-state index contributed by atoms with van der Waals surface area (Å²) in [5.41, 5.74) is 4.43. The minimum Gasteiger partial charge on any atom is -0.493 e. The summed E-state index contributed by atoms with van der Waals surface area (Å²) in [5.74, 6) is -0.190. The summed E-state index contributed by atoms with van der Waals surface area (Å²) >= 11 is 3.68. The maximum Gasteiger partial charge on any atom is 0.276 e. The number of halogens is 1. The monoisotopic (exact) mass is 519 g/mol.